The number of furan rings is 1. The molecular formula is C63H41N3OS. The highest BCUT2D eigenvalue weighted by Crippen LogP contribution is 2.46. The number of aliphatic imine (C=N–C) groups is 2. The van der Waals surface area contributed by atoms with E-state index in [2.05, 4.69) is 224 Å². The van der Waals surface area contributed by atoms with E-state index < -0.39 is 0 Å². The summed E-state index contributed by atoms with van der Waals surface area (Å²) < 4.78 is 12.2. The fourth-order valence-corrected chi connectivity index (χ4v) is 11.9. The van der Waals surface area contributed by atoms with Crippen LogP contribution in [0.2, 0.25) is 0 Å². The van der Waals surface area contributed by atoms with E-state index in [0.717, 1.165) is 84.0 Å². The molecule has 0 saturated carbocycles. The number of nitrogens with zero attached hydrogens (tertiary/aromatic N) is 3. The largest absolute Gasteiger partial charge is 0.454 e. The fraction of sp³-hybridized carbons (Fsp3) is 0.0476. The number of allylic oxidation sites excluding steroid dienone is 1. The van der Waals surface area contributed by atoms with Gasteiger partial charge in [0.25, 0.3) is 0 Å². The minimum absolute atomic E-state index is 0.0818. The van der Waals surface area contributed by atoms with Crippen LogP contribution in [0.3, 0.4) is 0 Å². The predicted octanol–water partition coefficient (Wildman–Crippen LogP) is 17.3. The van der Waals surface area contributed by atoms with Gasteiger partial charge < -0.3 is 8.98 Å². The van der Waals surface area contributed by atoms with Gasteiger partial charge in [-0.1, -0.05) is 177 Å². The molecule has 0 bridgehead atoms. The van der Waals surface area contributed by atoms with Crippen molar-refractivity contribution in [2.45, 2.75) is 13.3 Å². The highest BCUT2D eigenvalue weighted by molar-refractivity contribution is 7.25. The lowest BCUT2D eigenvalue weighted by atomic mass is 9.91. The van der Waals surface area contributed by atoms with Crippen LogP contribution >= 0.6 is 11.3 Å². The molecular weight excluding hydrogens is 847 g/mol. The van der Waals surface area contributed by atoms with Crippen LogP contribution in [0.1, 0.15) is 30.0 Å². The van der Waals surface area contributed by atoms with Crippen LogP contribution in [0.4, 0.5) is 0 Å². The fourth-order valence-electron chi connectivity index (χ4n) is 10.8. The summed E-state index contributed by atoms with van der Waals surface area (Å²) in [5, 5.41) is 11.4. The minimum Gasteiger partial charge on any atom is -0.454 e. The van der Waals surface area contributed by atoms with E-state index in [0.29, 0.717) is 5.84 Å². The zero-order chi connectivity index (χ0) is 44.9. The van der Waals surface area contributed by atoms with Gasteiger partial charge in [-0.05, 0) is 81.7 Å². The zero-order valence-electron chi connectivity index (χ0n) is 37.1. The van der Waals surface area contributed by atoms with Gasteiger partial charge in [-0.25, -0.2) is 9.98 Å². The van der Waals surface area contributed by atoms with E-state index in [1.54, 1.807) is 0 Å². The first-order valence-electron chi connectivity index (χ1n) is 23.4. The molecule has 1 aliphatic rings. The molecule has 0 N–H and O–H groups in total. The summed E-state index contributed by atoms with van der Waals surface area (Å²) in [5.74, 6) is 0.742. The first kappa shape index (κ1) is 38.8. The SMILES string of the molecule is CC1C/C=C(\c2ccc3sc4ccccc4c3c2)N=C(c2c3ccccc3c(-n3c4ccccc4c4cc5ccccc5cc43)c3oc4ccccc4c23)N=C1c1ccc(-c2ccccc2)cc1. The Kier molecular flexibility index (Phi) is 8.77. The monoisotopic (exact) mass is 887 g/mol. The van der Waals surface area contributed by atoms with Gasteiger partial charge in [0.1, 0.15) is 5.58 Å². The smallest absolute Gasteiger partial charge is 0.161 e. The molecule has 1 aliphatic heterocycles. The van der Waals surface area contributed by atoms with Crippen molar-refractivity contribution in [3.05, 3.63) is 229 Å². The molecule has 5 heteroatoms. The lowest BCUT2D eigenvalue weighted by Gasteiger charge is -2.21. The number of fused-ring (bicyclic) bond motifs is 11. The summed E-state index contributed by atoms with van der Waals surface area (Å²) in [7, 11) is 0. The van der Waals surface area contributed by atoms with Gasteiger partial charge in [0.2, 0.25) is 0 Å². The van der Waals surface area contributed by atoms with Crippen LogP contribution < -0.4 is 0 Å². The lowest BCUT2D eigenvalue weighted by Crippen LogP contribution is -2.17. The maximum absolute atomic E-state index is 7.23. The number of aromatic nitrogens is 1. The molecule has 4 nitrogen and oxygen atoms in total. The Balaban J connectivity index is 1.08. The van der Waals surface area contributed by atoms with Gasteiger partial charge >= 0.3 is 0 Å². The molecule has 68 heavy (non-hydrogen) atoms. The first-order valence-corrected chi connectivity index (χ1v) is 24.2. The lowest BCUT2D eigenvalue weighted by molar-refractivity contribution is 0.667. The quantitative estimate of drug-likeness (QED) is 0.170. The van der Waals surface area contributed by atoms with E-state index >= 15 is 0 Å². The van der Waals surface area contributed by atoms with Crippen LogP contribution in [0.5, 0.6) is 0 Å². The molecule has 1 unspecified atom stereocenters. The van der Waals surface area contributed by atoms with Crippen molar-refractivity contribution in [1.29, 1.82) is 0 Å². The summed E-state index contributed by atoms with van der Waals surface area (Å²) in [6.07, 6.45) is 3.11. The van der Waals surface area contributed by atoms with E-state index in [4.69, 9.17) is 14.4 Å². The van der Waals surface area contributed by atoms with Gasteiger partial charge in [-0.2, -0.15) is 0 Å². The number of amidine groups is 1. The number of benzene rings is 10. The maximum atomic E-state index is 7.23. The molecule has 4 heterocycles. The highest BCUT2D eigenvalue weighted by Gasteiger charge is 2.28. The summed E-state index contributed by atoms with van der Waals surface area (Å²) in [4.78, 5) is 11.6. The van der Waals surface area contributed by atoms with Crippen LogP contribution in [0.15, 0.2) is 227 Å². The van der Waals surface area contributed by atoms with Crippen LogP contribution in [0, 0.1) is 5.92 Å². The van der Waals surface area contributed by atoms with E-state index in [1.807, 2.05) is 11.3 Å². The Morgan fingerprint density at radius 3 is 1.96 bits per heavy atom. The van der Waals surface area contributed by atoms with Crippen molar-refractivity contribution in [1.82, 2.24) is 4.57 Å². The third-order valence-corrected chi connectivity index (χ3v) is 15.2. The third kappa shape index (κ3) is 6.06. The van der Waals surface area contributed by atoms with Crippen LogP contribution in [-0.4, -0.2) is 16.1 Å². The molecule has 14 rings (SSSR count). The van der Waals surface area contributed by atoms with E-state index in [1.165, 1.54) is 52.8 Å². The molecule has 0 amide bonds. The molecule has 0 saturated heterocycles. The van der Waals surface area contributed by atoms with Crippen LogP contribution in [-0.2, 0) is 0 Å². The number of hydrogen-bond donors (Lipinski definition) is 0. The second kappa shape index (κ2) is 15.3. The van der Waals surface area contributed by atoms with Crippen molar-refractivity contribution in [2.75, 3.05) is 0 Å². The second-order valence-electron chi connectivity index (χ2n) is 18.1. The third-order valence-electron chi connectivity index (χ3n) is 14.0. The Bertz CT molecular complexity index is 4300. The normalized spacial score (nSPS) is 15.4. The van der Waals surface area contributed by atoms with Gasteiger partial charge in [-0.3, -0.25) is 0 Å². The first-order chi connectivity index (χ1) is 33.6. The van der Waals surface area contributed by atoms with Gasteiger partial charge in [0, 0.05) is 64.1 Å². The van der Waals surface area contributed by atoms with Gasteiger partial charge in [-0.15, -0.1) is 11.3 Å². The van der Waals surface area contributed by atoms with Crippen molar-refractivity contribution in [2.24, 2.45) is 15.9 Å². The standard InChI is InChI=1S/C63H41N3OS/c1-38-27-33-52(44-32-34-57-51(36-44)46-20-11-14-26-56(46)68-57)64-63(65-60(38)41-30-28-40(29-31-41)39-15-3-2-4-16-39)59-47-21-7-8-22-48(47)61(62-58(59)49-23-10-13-25-55(49)67-62)66-53-24-12-9-19-45(53)50-35-42-17-5-6-18-43(42)37-54(50)66/h2-26,28-38H,27H2,1H3/b52-33+,64-63?,65-60?. The Labute approximate surface area is 396 Å². The molecule has 1 atom stereocenters. The van der Waals surface area contributed by atoms with Gasteiger partial charge in [0.05, 0.1) is 28.1 Å². The van der Waals surface area contributed by atoms with Crippen molar-refractivity contribution in [3.8, 4) is 16.8 Å². The number of hydrogen-bond acceptors (Lipinski definition) is 4. The summed E-state index contributed by atoms with van der Waals surface area (Å²) in [6.45, 7) is 2.30. The molecule has 0 aliphatic carbocycles. The maximum Gasteiger partial charge on any atom is 0.161 e. The average Bonchev–Trinajstić information content (AvgIpc) is 4.06. The van der Waals surface area contributed by atoms with E-state index in [9.17, 15) is 0 Å². The van der Waals surface area contributed by atoms with Crippen molar-refractivity contribution < 1.29 is 4.42 Å². The second-order valence-corrected chi connectivity index (χ2v) is 19.1. The summed E-state index contributed by atoms with van der Waals surface area (Å²) in [5.41, 5.74) is 12.3. The highest BCUT2D eigenvalue weighted by atomic mass is 32.1. The topological polar surface area (TPSA) is 42.8 Å². The number of para-hydroxylation sites is 2. The van der Waals surface area contributed by atoms with Crippen molar-refractivity contribution in [3.63, 3.8) is 0 Å². The molecule has 10 aromatic carbocycles. The Morgan fingerprint density at radius 2 is 1.12 bits per heavy atom. The van der Waals surface area contributed by atoms with Gasteiger partial charge in [0.15, 0.2) is 11.4 Å². The van der Waals surface area contributed by atoms with Crippen LogP contribution in [0.25, 0.3) is 108 Å². The molecule has 0 spiro atoms. The Hall–Kier alpha value is -8.38. The summed E-state index contributed by atoms with van der Waals surface area (Å²) in [6, 6.07) is 74.3. The molecule has 3 aromatic heterocycles. The summed E-state index contributed by atoms with van der Waals surface area (Å²) >= 11 is 1.84. The average molecular weight is 888 g/mol. The Morgan fingerprint density at radius 1 is 0.485 bits per heavy atom. The minimum atomic E-state index is 0.0818. The molecule has 0 fully saturated rings. The molecule has 0 radical (unpaired) electrons. The predicted molar refractivity (Wildman–Crippen MR) is 289 cm³/mol. The van der Waals surface area contributed by atoms with Crippen molar-refractivity contribution >= 4 is 114 Å². The molecule has 320 valence electrons. The number of thiophene rings is 1. The van der Waals surface area contributed by atoms with E-state index in [-0.39, 0.29) is 5.92 Å². The number of rotatable bonds is 5. The molecule has 13 aromatic rings. The zero-order valence-corrected chi connectivity index (χ0v) is 38.0.